The van der Waals surface area contributed by atoms with Crippen LogP contribution in [0.4, 0.5) is 0 Å². The molecule has 4 rings (SSSR count). The Morgan fingerprint density at radius 1 is 1.03 bits per heavy atom. The van der Waals surface area contributed by atoms with Crippen LogP contribution < -0.4 is 10.3 Å². The summed E-state index contributed by atoms with van der Waals surface area (Å²) < 4.78 is 9.13. The van der Waals surface area contributed by atoms with Gasteiger partial charge in [-0.1, -0.05) is 76.0 Å². The molecule has 0 aliphatic carbocycles. The van der Waals surface area contributed by atoms with Crippen LogP contribution in [0.5, 0.6) is 5.75 Å². The van der Waals surface area contributed by atoms with Gasteiger partial charge in [-0.25, -0.2) is 4.98 Å². The Hall–Kier alpha value is -2.77. The number of nitrogens with zero attached hydrogens (tertiary/aromatic N) is 3. The molecule has 0 spiro atoms. The zero-order chi connectivity index (χ0) is 22.7. The number of rotatable bonds is 6. The van der Waals surface area contributed by atoms with Gasteiger partial charge in [-0.2, -0.15) is 9.78 Å². The second kappa shape index (κ2) is 9.79. The summed E-state index contributed by atoms with van der Waals surface area (Å²) in [7, 11) is 0. The zero-order valence-corrected chi connectivity index (χ0v) is 20.8. The largest absolute Gasteiger partial charge is 0.488 e. The van der Waals surface area contributed by atoms with Crippen LogP contribution in [0.3, 0.4) is 0 Å². The Balaban J connectivity index is 1.74. The molecule has 3 aromatic carbocycles. The third-order valence-electron chi connectivity index (χ3n) is 4.87. The topological polar surface area (TPSA) is 56.5 Å². The molecular formula is C25H21Br2N3O2. The highest BCUT2D eigenvalue weighted by molar-refractivity contribution is 9.10. The predicted octanol–water partition coefficient (Wildman–Crippen LogP) is 6.51. The summed E-state index contributed by atoms with van der Waals surface area (Å²) in [5, 5.41) is 5.04. The molecule has 1 heterocycles. The van der Waals surface area contributed by atoms with E-state index in [1.54, 1.807) is 12.3 Å². The fourth-order valence-electron chi connectivity index (χ4n) is 3.26. The molecule has 0 amide bonds. The van der Waals surface area contributed by atoms with Gasteiger partial charge in [-0.05, 0) is 42.0 Å². The maximum atomic E-state index is 13.2. The minimum Gasteiger partial charge on any atom is -0.488 e. The van der Waals surface area contributed by atoms with Crippen LogP contribution >= 0.6 is 31.9 Å². The summed E-state index contributed by atoms with van der Waals surface area (Å²) in [6.07, 6.45) is 1.64. The average molecular weight is 555 g/mol. The van der Waals surface area contributed by atoms with Crippen LogP contribution in [0, 0.1) is 0 Å². The molecule has 0 unspecified atom stereocenters. The van der Waals surface area contributed by atoms with Gasteiger partial charge >= 0.3 is 0 Å². The quantitative estimate of drug-likeness (QED) is 0.255. The van der Waals surface area contributed by atoms with Crippen molar-refractivity contribution < 1.29 is 4.74 Å². The van der Waals surface area contributed by atoms with E-state index >= 15 is 0 Å². The first-order valence-electron chi connectivity index (χ1n) is 10.1. The minimum absolute atomic E-state index is 0.0178. The molecule has 7 heteroatoms. The van der Waals surface area contributed by atoms with Gasteiger partial charge in [0.15, 0.2) is 0 Å². The molecule has 0 fully saturated rings. The van der Waals surface area contributed by atoms with Crippen molar-refractivity contribution in [3.05, 3.63) is 103 Å². The van der Waals surface area contributed by atoms with Crippen LogP contribution in [0.15, 0.2) is 85.6 Å². The van der Waals surface area contributed by atoms with Crippen molar-refractivity contribution in [2.45, 2.75) is 26.4 Å². The molecule has 0 radical (unpaired) electrons. The number of fused-ring (bicyclic) bond motifs is 1. The van der Waals surface area contributed by atoms with Gasteiger partial charge in [-0.15, -0.1) is 0 Å². The third kappa shape index (κ3) is 5.00. The summed E-state index contributed by atoms with van der Waals surface area (Å²) in [5.74, 6) is 1.29. The Bertz CT molecular complexity index is 1350. The number of halogens is 2. The molecule has 0 aliphatic rings. The second-order valence-corrected chi connectivity index (χ2v) is 9.44. The Labute approximate surface area is 203 Å². The molecule has 0 saturated heterocycles. The van der Waals surface area contributed by atoms with Gasteiger partial charge in [-0.3, -0.25) is 4.79 Å². The second-order valence-electron chi connectivity index (χ2n) is 7.60. The first-order valence-corrected chi connectivity index (χ1v) is 11.7. The molecule has 0 atom stereocenters. The number of benzene rings is 3. The summed E-state index contributed by atoms with van der Waals surface area (Å²) in [6.45, 7) is 4.42. The SMILES string of the molecule is CC(C)c1nc2ccc(Br)cc2c(=O)n1N=Cc1cc(Br)ccc1OCc1ccccc1. The number of ether oxygens (including phenoxy) is 1. The lowest BCUT2D eigenvalue weighted by molar-refractivity contribution is 0.305. The fourth-order valence-corrected chi connectivity index (χ4v) is 4.00. The van der Waals surface area contributed by atoms with E-state index in [2.05, 4.69) is 37.0 Å². The summed E-state index contributed by atoms with van der Waals surface area (Å²) in [6, 6.07) is 21.2. The Morgan fingerprint density at radius 2 is 1.75 bits per heavy atom. The molecule has 0 bridgehead atoms. The molecule has 0 aliphatic heterocycles. The number of aromatic nitrogens is 2. The van der Waals surface area contributed by atoms with Gasteiger partial charge in [0.25, 0.3) is 5.56 Å². The van der Waals surface area contributed by atoms with E-state index in [0.29, 0.717) is 29.1 Å². The van der Waals surface area contributed by atoms with Crippen molar-refractivity contribution in [3.63, 3.8) is 0 Å². The maximum absolute atomic E-state index is 13.2. The van der Waals surface area contributed by atoms with E-state index in [4.69, 9.17) is 9.72 Å². The van der Waals surface area contributed by atoms with E-state index in [0.717, 1.165) is 20.1 Å². The lowest BCUT2D eigenvalue weighted by Crippen LogP contribution is -2.23. The van der Waals surface area contributed by atoms with Gasteiger partial charge in [0.05, 0.1) is 17.1 Å². The van der Waals surface area contributed by atoms with E-state index in [1.807, 2.05) is 74.5 Å². The van der Waals surface area contributed by atoms with E-state index in [1.165, 1.54) is 4.68 Å². The molecule has 0 saturated carbocycles. The molecule has 0 N–H and O–H groups in total. The molecular weight excluding hydrogens is 534 g/mol. The summed E-state index contributed by atoms with van der Waals surface area (Å²) in [4.78, 5) is 17.9. The van der Waals surface area contributed by atoms with Gasteiger partial charge in [0, 0.05) is 20.4 Å². The zero-order valence-electron chi connectivity index (χ0n) is 17.6. The summed E-state index contributed by atoms with van der Waals surface area (Å²) in [5.41, 5.74) is 2.27. The molecule has 5 nitrogen and oxygen atoms in total. The minimum atomic E-state index is -0.210. The highest BCUT2D eigenvalue weighted by Crippen LogP contribution is 2.24. The predicted molar refractivity (Wildman–Crippen MR) is 136 cm³/mol. The van der Waals surface area contributed by atoms with Crippen molar-refractivity contribution in [2.24, 2.45) is 5.10 Å². The molecule has 4 aromatic rings. The van der Waals surface area contributed by atoms with Crippen LogP contribution in [-0.4, -0.2) is 15.9 Å². The van der Waals surface area contributed by atoms with Crippen LogP contribution in [0.1, 0.15) is 36.7 Å². The van der Waals surface area contributed by atoms with Crippen molar-refractivity contribution in [2.75, 3.05) is 0 Å². The van der Waals surface area contributed by atoms with Crippen LogP contribution in [0.2, 0.25) is 0 Å². The van der Waals surface area contributed by atoms with Crippen molar-refractivity contribution in [1.82, 2.24) is 9.66 Å². The standard InChI is InChI=1S/C25H21Br2N3O2/c1-16(2)24-29-22-10-8-20(27)13-21(22)25(31)30(24)28-14-18-12-19(26)9-11-23(18)32-15-17-6-4-3-5-7-17/h3-14,16H,15H2,1-2H3. The monoisotopic (exact) mass is 553 g/mol. The molecule has 1 aromatic heterocycles. The smallest absolute Gasteiger partial charge is 0.282 e. The van der Waals surface area contributed by atoms with Crippen LogP contribution in [-0.2, 0) is 6.61 Å². The van der Waals surface area contributed by atoms with E-state index < -0.39 is 0 Å². The van der Waals surface area contributed by atoms with Crippen molar-refractivity contribution >= 4 is 49.0 Å². The lowest BCUT2D eigenvalue weighted by Gasteiger charge is -2.13. The van der Waals surface area contributed by atoms with Gasteiger partial charge in [0.1, 0.15) is 18.2 Å². The first kappa shape index (κ1) is 22.4. The van der Waals surface area contributed by atoms with Crippen LogP contribution in [0.25, 0.3) is 10.9 Å². The third-order valence-corrected chi connectivity index (χ3v) is 5.86. The van der Waals surface area contributed by atoms with Crippen molar-refractivity contribution in [3.8, 4) is 5.75 Å². The van der Waals surface area contributed by atoms with E-state index in [9.17, 15) is 4.79 Å². The van der Waals surface area contributed by atoms with Gasteiger partial charge in [0.2, 0.25) is 0 Å². The Kier molecular flexibility index (Phi) is 6.86. The molecule has 162 valence electrons. The van der Waals surface area contributed by atoms with Crippen molar-refractivity contribution in [1.29, 1.82) is 0 Å². The highest BCUT2D eigenvalue weighted by Gasteiger charge is 2.14. The highest BCUT2D eigenvalue weighted by atomic mass is 79.9. The first-order chi connectivity index (χ1) is 15.4. The van der Waals surface area contributed by atoms with Gasteiger partial charge < -0.3 is 4.74 Å². The van der Waals surface area contributed by atoms with E-state index in [-0.39, 0.29) is 11.5 Å². The lowest BCUT2D eigenvalue weighted by atomic mass is 10.2. The average Bonchev–Trinajstić information content (AvgIpc) is 2.78. The summed E-state index contributed by atoms with van der Waals surface area (Å²) >= 11 is 6.94. The number of hydrogen-bond acceptors (Lipinski definition) is 4. The normalized spacial score (nSPS) is 11.5. The maximum Gasteiger partial charge on any atom is 0.282 e. The fraction of sp³-hybridized carbons (Fsp3) is 0.160. The number of hydrogen-bond donors (Lipinski definition) is 0. The Morgan fingerprint density at radius 3 is 2.50 bits per heavy atom. The molecule has 32 heavy (non-hydrogen) atoms.